The number of carbonyl (C=O) groups excluding carboxylic acids is 2. The first-order valence-electron chi connectivity index (χ1n) is 13.5. The number of amides is 2. The average molecular weight is 629 g/mol. The number of sulfonamides is 1. The average Bonchev–Trinajstić information content (AvgIpc) is 2.95. The molecule has 2 amide bonds. The van der Waals surface area contributed by atoms with Crippen LogP contribution < -0.4 is 9.62 Å². The summed E-state index contributed by atoms with van der Waals surface area (Å²) < 4.78 is 29.7. The van der Waals surface area contributed by atoms with E-state index in [-0.39, 0.29) is 23.3 Å². The Morgan fingerprint density at radius 1 is 0.900 bits per heavy atom. The van der Waals surface area contributed by atoms with Gasteiger partial charge in [-0.2, -0.15) is 0 Å². The van der Waals surface area contributed by atoms with Crippen molar-refractivity contribution in [1.82, 2.24) is 10.2 Å². The first kappa shape index (κ1) is 31.4. The number of rotatable bonds is 13. The molecule has 0 aromatic heterocycles. The minimum absolute atomic E-state index is 0.0838. The van der Waals surface area contributed by atoms with Gasteiger partial charge in [-0.05, 0) is 66.8 Å². The number of benzene rings is 3. The monoisotopic (exact) mass is 627 g/mol. The van der Waals surface area contributed by atoms with Crippen molar-refractivity contribution in [2.75, 3.05) is 17.4 Å². The third-order valence-electron chi connectivity index (χ3n) is 6.72. The highest BCUT2D eigenvalue weighted by Gasteiger charge is 2.32. The molecule has 0 fully saturated rings. The molecule has 0 saturated carbocycles. The molecular weight excluding hydrogens is 590 g/mol. The Kier molecular flexibility index (Phi) is 11.3. The molecule has 0 radical (unpaired) electrons. The Hall–Kier alpha value is -3.17. The van der Waals surface area contributed by atoms with Crippen LogP contribution in [0.2, 0.25) is 0 Å². The fourth-order valence-corrected chi connectivity index (χ4v) is 5.88. The molecule has 3 rings (SSSR count). The SMILES string of the molecule is CCCCNC(=O)[C@H](C)N(Cc1ccc(Br)cc1)C(=O)CN(c1ccc(C(C)C)cc1)S(=O)(=O)c1ccccc1. The zero-order valence-corrected chi connectivity index (χ0v) is 25.9. The summed E-state index contributed by atoms with van der Waals surface area (Å²) in [4.78, 5) is 28.5. The van der Waals surface area contributed by atoms with Crippen molar-refractivity contribution in [3.8, 4) is 0 Å². The Morgan fingerprint density at radius 2 is 1.52 bits per heavy atom. The quantitative estimate of drug-likeness (QED) is 0.232. The molecule has 3 aromatic rings. The lowest BCUT2D eigenvalue weighted by atomic mass is 10.0. The minimum atomic E-state index is -4.08. The number of halogens is 1. The highest BCUT2D eigenvalue weighted by atomic mass is 79.9. The van der Waals surface area contributed by atoms with E-state index in [1.165, 1.54) is 17.0 Å². The first-order valence-corrected chi connectivity index (χ1v) is 15.8. The van der Waals surface area contributed by atoms with E-state index in [2.05, 4.69) is 35.1 Å². The molecule has 0 saturated heterocycles. The van der Waals surface area contributed by atoms with E-state index >= 15 is 0 Å². The van der Waals surface area contributed by atoms with Gasteiger partial charge < -0.3 is 10.2 Å². The maximum Gasteiger partial charge on any atom is 0.264 e. The molecule has 0 aliphatic carbocycles. The summed E-state index contributed by atoms with van der Waals surface area (Å²) in [5, 5.41) is 2.90. The summed E-state index contributed by atoms with van der Waals surface area (Å²) in [5.74, 6) is -0.491. The maximum atomic E-state index is 14.0. The molecule has 0 spiro atoms. The molecule has 0 unspecified atom stereocenters. The van der Waals surface area contributed by atoms with Gasteiger partial charge in [-0.3, -0.25) is 13.9 Å². The van der Waals surface area contributed by atoms with Crippen LogP contribution in [0.4, 0.5) is 5.69 Å². The summed E-state index contributed by atoms with van der Waals surface area (Å²) in [5.41, 5.74) is 2.26. The van der Waals surface area contributed by atoms with Crippen molar-refractivity contribution >= 4 is 43.5 Å². The Morgan fingerprint density at radius 3 is 2.10 bits per heavy atom. The van der Waals surface area contributed by atoms with Crippen LogP contribution in [0.25, 0.3) is 0 Å². The van der Waals surface area contributed by atoms with Gasteiger partial charge in [-0.1, -0.05) is 85.6 Å². The second-order valence-electron chi connectivity index (χ2n) is 10.0. The molecule has 1 atom stereocenters. The lowest BCUT2D eigenvalue weighted by molar-refractivity contribution is -0.139. The minimum Gasteiger partial charge on any atom is -0.354 e. The second-order valence-corrected chi connectivity index (χ2v) is 12.8. The highest BCUT2D eigenvalue weighted by molar-refractivity contribution is 9.10. The number of carbonyl (C=O) groups is 2. The van der Waals surface area contributed by atoms with E-state index in [0.29, 0.717) is 12.2 Å². The van der Waals surface area contributed by atoms with Gasteiger partial charge in [0.25, 0.3) is 10.0 Å². The van der Waals surface area contributed by atoms with Gasteiger partial charge in [0.05, 0.1) is 10.6 Å². The van der Waals surface area contributed by atoms with E-state index in [1.807, 2.05) is 43.3 Å². The van der Waals surface area contributed by atoms with Crippen LogP contribution in [-0.2, 0) is 26.2 Å². The van der Waals surface area contributed by atoms with Crippen molar-refractivity contribution in [2.24, 2.45) is 0 Å². The number of unbranched alkanes of at least 4 members (excludes halogenated alkanes) is 1. The predicted molar refractivity (Wildman–Crippen MR) is 164 cm³/mol. The fraction of sp³-hybridized carbons (Fsp3) is 0.355. The lowest BCUT2D eigenvalue weighted by Gasteiger charge is -2.32. The van der Waals surface area contributed by atoms with Gasteiger partial charge in [0.1, 0.15) is 12.6 Å². The van der Waals surface area contributed by atoms with E-state index in [9.17, 15) is 18.0 Å². The molecule has 1 N–H and O–H groups in total. The smallest absolute Gasteiger partial charge is 0.264 e. The van der Waals surface area contributed by atoms with Gasteiger partial charge in [-0.15, -0.1) is 0 Å². The Bertz CT molecular complexity index is 1360. The molecule has 3 aromatic carbocycles. The van der Waals surface area contributed by atoms with Crippen molar-refractivity contribution in [3.05, 3.63) is 94.5 Å². The normalized spacial score (nSPS) is 12.2. The van der Waals surface area contributed by atoms with Gasteiger partial charge in [0.15, 0.2) is 0 Å². The molecule has 7 nitrogen and oxygen atoms in total. The van der Waals surface area contributed by atoms with Crippen molar-refractivity contribution in [1.29, 1.82) is 0 Å². The second kappa shape index (κ2) is 14.5. The van der Waals surface area contributed by atoms with Crippen molar-refractivity contribution in [2.45, 2.75) is 63.9 Å². The van der Waals surface area contributed by atoms with E-state index in [1.54, 1.807) is 37.3 Å². The molecular formula is C31H38BrN3O4S. The highest BCUT2D eigenvalue weighted by Crippen LogP contribution is 2.26. The topological polar surface area (TPSA) is 86.8 Å². The maximum absolute atomic E-state index is 14.0. The van der Waals surface area contributed by atoms with Gasteiger partial charge in [-0.25, -0.2) is 8.42 Å². The predicted octanol–water partition coefficient (Wildman–Crippen LogP) is 6.10. The van der Waals surface area contributed by atoms with Crippen LogP contribution in [0, 0.1) is 0 Å². The summed E-state index contributed by atoms with van der Waals surface area (Å²) in [6.07, 6.45) is 1.76. The number of hydrogen-bond acceptors (Lipinski definition) is 4. The number of nitrogens with one attached hydrogen (secondary N) is 1. The van der Waals surface area contributed by atoms with Crippen LogP contribution in [0.3, 0.4) is 0 Å². The first-order chi connectivity index (χ1) is 19.0. The summed E-state index contributed by atoms with van der Waals surface area (Å²) in [6, 6.07) is 21.9. The molecule has 214 valence electrons. The van der Waals surface area contributed by atoms with Crippen molar-refractivity contribution < 1.29 is 18.0 Å². The molecule has 9 heteroatoms. The molecule has 0 bridgehead atoms. The van der Waals surface area contributed by atoms with E-state index < -0.39 is 28.5 Å². The van der Waals surface area contributed by atoms with Gasteiger partial charge >= 0.3 is 0 Å². The zero-order valence-electron chi connectivity index (χ0n) is 23.5. The molecule has 0 heterocycles. The number of anilines is 1. The van der Waals surface area contributed by atoms with Crippen LogP contribution in [0.15, 0.2) is 88.2 Å². The van der Waals surface area contributed by atoms with Crippen LogP contribution in [0.1, 0.15) is 57.6 Å². The van der Waals surface area contributed by atoms with Crippen LogP contribution in [-0.4, -0.2) is 44.3 Å². The standard InChI is InChI=1S/C31H38BrN3O4S/c1-5-6-20-33-31(37)24(4)34(21-25-12-16-27(32)17-13-25)30(36)22-35(28-18-14-26(15-19-28)23(2)3)40(38,39)29-10-8-7-9-11-29/h7-19,23-24H,5-6,20-22H2,1-4H3,(H,33,37)/t24-/m0/s1. The Balaban J connectivity index is 1.99. The Labute approximate surface area is 246 Å². The van der Waals surface area contributed by atoms with Crippen molar-refractivity contribution in [3.63, 3.8) is 0 Å². The van der Waals surface area contributed by atoms with Gasteiger partial charge in [0, 0.05) is 17.6 Å². The third-order valence-corrected chi connectivity index (χ3v) is 9.04. The largest absolute Gasteiger partial charge is 0.354 e. The molecule has 0 aliphatic rings. The summed E-state index contributed by atoms with van der Waals surface area (Å²) >= 11 is 3.43. The fourth-order valence-electron chi connectivity index (χ4n) is 4.18. The molecule has 0 aliphatic heterocycles. The van der Waals surface area contributed by atoms with E-state index in [0.717, 1.165) is 32.7 Å². The lowest BCUT2D eigenvalue weighted by Crippen LogP contribution is -2.51. The van der Waals surface area contributed by atoms with Gasteiger partial charge in [0.2, 0.25) is 11.8 Å². The summed E-state index contributed by atoms with van der Waals surface area (Å²) in [6.45, 7) is 8.03. The number of nitrogens with zero attached hydrogens (tertiary/aromatic N) is 2. The zero-order chi connectivity index (χ0) is 29.3. The van der Waals surface area contributed by atoms with Crippen LogP contribution in [0.5, 0.6) is 0 Å². The molecule has 40 heavy (non-hydrogen) atoms. The number of hydrogen-bond donors (Lipinski definition) is 1. The third kappa shape index (κ3) is 8.17. The van der Waals surface area contributed by atoms with E-state index in [4.69, 9.17) is 0 Å². The van der Waals surface area contributed by atoms with Crippen LogP contribution >= 0.6 is 15.9 Å². The summed E-state index contributed by atoms with van der Waals surface area (Å²) in [7, 11) is -4.08.